The van der Waals surface area contributed by atoms with Crippen molar-refractivity contribution in [3.05, 3.63) is 47.2 Å². The Morgan fingerprint density at radius 1 is 1.42 bits per heavy atom. The first-order valence-electron chi connectivity index (χ1n) is 6.11. The molecule has 100 valence electrons. The number of aliphatic hydroxyl groups excluding tert-OH is 1. The highest BCUT2D eigenvalue weighted by molar-refractivity contribution is 6.20. The summed E-state index contributed by atoms with van der Waals surface area (Å²) in [5.74, 6) is -0.700. The Labute approximate surface area is 111 Å². The maximum Gasteiger partial charge on any atom is 0.345 e. The molecule has 0 aromatic heterocycles. The molecule has 1 aliphatic rings. The van der Waals surface area contributed by atoms with Crippen LogP contribution in [0.5, 0.6) is 0 Å². The SMILES string of the molecule is CCOC(=O)C1=C(O)C(Cc2ccccc2)N=C1N. The van der Waals surface area contributed by atoms with E-state index in [1.165, 1.54) is 0 Å². The van der Waals surface area contributed by atoms with Crippen LogP contribution < -0.4 is 5.73 Å². The van der Waals surface area contributed by atoms with Crippen molar-refractivity contribution < 1.29 is 14.6 Å². The van der Waals surface area contributed by atoms with Crippen LogP contribution in [0.1, 0.15) is 12.5 Å². The van der Waals surface area contributed by atoms with Gasteiger partial charge in [0.2, 0.25) is 0 Å². The molecule has 0 bridgehead atoms. The van der Waals surface area contributed by atoms with Crippen molar-refractivity contribution in [2.45, 2.75) is 19.4 Å². The van der Waals surface area contributed by atoms with Crippen molar-refractivity contribution in [2.24, 2.45) is 10.7 Å². The molecule has 0 radical (unpaired) electrons. The van der Waals surface area contributed by atoms with Gasteiger partial charge >= 0.3 is 5.97 Å². The van der Waals surface area contributed by atoms with Crippen LogP contribution in [0.15, 0.2) is 46.7 Å². The first-order valence-corrected chi connectivity index (χ1v) is 6.11. The molecular formula is C14H16N2O3. The van der Waals surface area contributed by atoms with Crippen LogP contribution in [0.4, 0.5) is 0 Å². The Bertz CT molecular complexity index is 535. The number of rotatable bonds is 4. The molecule has 5 nitrogen and oxygen atoms in total. The number of aliphatic hydroxyl groups is 1. The van der Waals surface area contributed by atoms with E-state index in [2.05, 4.69) is 4.99 Å². The summed E-state index contributed by atoms with van der Waals surface area (Å²) in [6.07, 6.45) is 0.496. The summed E-state index contributed by atoms with van der Waals surface area (Å²) in [5, 5.41) is 10.1. The number of esters is 1. The fraction of sp³-hybridized carbons (Fsp3) is 0.286. The van der Waals surface area contributed by atoms with Gasteiger partial charge in [-0.15, -0.1) is 0 Å². The molecule has 1 atom stereocenters. The summed E-state index contributed by atoms with van der Waals surface area (Å²) in [5.41, 5.74) is 6.68. The normalized spacial score (nSPS) is 18.4. The van der Waals surface area contributed by atoms with Gasteiger partial charge in [0.15, 0.2) is 0 Å². The van der Waals surface area contributed by atoms with Crippen LogP contribution >= 0.6 is 0 Å². The van der Waals surface area contributed by atoms with Crippen LogP contribution in [-0.2, 0) is 16.0 Å². The minimum atomic E-state index is -0.628. The Balaban J connectivity index is 2.19. The van der Waals surface area contributed by atoms with E-state index in [9.17, 15) is 9.90 Å². The number of ether oxygens (including phenoxy) is 1. The lowest BCUT2D eigenvalue weighted by molar-refractivity contribution is -0.138. The first kappa shape index (κ1) is 13.1. The van der Waals surface area contributed by atoms with Gasteiger partial charge in [-0.2, -0.15) is 0 Å². The van der Waals surface area contributed by atoms with Gasteiger partial charge in [0.25, 0.3) is 0 Å². The summed E-state index contributed by atoms with van der Waals surface area (Å²) in [7, 11) is 0. The molecule has 1 aromatic rings. The summed E-state index contributed by atoms with van der Waals surface area (Å²) >= 11 is 0. The van der Waals surface area contributed by atoms with E-state index in [1.54, 1.807) is 6.92 Å². The highest BCUT2D eigenvalue weighted by Crippen LogP contribution is 2.22. The molecule has 1 aromatic carbocycles. The zero-order chi connectivity index (χ0) is 13.8. The van der Waals surface area contributed by atoms with Crippen LogP contribution in [0.2, 0.25) is 0 Å². The fourth-order valence-electron chi connectivity index (χ4n) is 1.98. The monoisotopic (exact) mass is 260 g/mol. The molecule has 5 heteroatoms. The van der Waals surface area contributed by atoms with Crippen LogP contribution in [0.3, 0.4) is 0 Å². The van der Waals surface area contributed by atoms with Crippen molar-refractivity contribution >= 4 is 11.8 Å². The average molecular weight is 260 g/mol. The highest BCUT2D eigenvalue weighted by Gasteiger charge is 2.32. The van der Waals surface area contributed by atoms with E-state index >= 15 is 0 Å². The van der Waals surface area contributed by atoms with E-state index in [-0.39, 0.29) is 23.8 Å². The molecule has 3 N–H and O–H groups in total. The van der Waals surface area contributed by atoms with Gasteiger partial charge < -0.3 is 15.6 Å². The smallest absolute Gasteiger partial charge is 0.345 e. The lowest BCUT2D eigenvalue weighted by Crippen LogP contribution is -2.21. The second-order valence-electron chi connectivity index (χ2n) is 4.20. The Morgan fingerprint density at radius 3 is 2.74 bits per heavy atom. The summed E-state index contributed by atoms with van der Waals surface area (Å²) in [6.45, 7) is 1.92. The minimum Gasteiger partial charge on any atom is -0.509 e. The van der Waals surface area contributed by atoms with E-state index in [4.69, 9.17) is 10.5 Å². The van der Waals surface area contributed by atoms with Crippen molar-refractivity contribution in [1.82, 2.24) is 0 Å². The van der Waals surface area contributed by atoms with Gasteiger partial charge in [0.05, 0.1) is 6.61 Å². The topological polar surface area (TPSA) is 84.9 Å². The van der Waals surface area contributed by atoms with Crippen molar-refractivity contribution in [2.75, 3.05) is 6.61 Å². The third kappa shape index (κ3) is 2.76. The van der Waals surface area contributed by atoms with Gasteiger partial charge in [0, 0.05) is 6.42 Å². The summed E-state index contributed by atoms with van der Waals surface area (Å²) in [6, 6.07) is 9.08. The molecule has 0 fully saturated rings. The molecule has 1 aliphatic heterocycles. The molecule has 0 spiro atoms. The Hall–Kier alpha value is -2.30. The van der Waals surface area contributed by atoms with Crippen molar-refractivity contribution in [3.63, 3.8) is 0 Å². The number of carbonyl (C=O) groups is 1. The van der Waals surface area contributed by atoms with Gasteiger partial charge in [0.1, 0.15) is 23.2 Å². The first-order chi connectivity index (χ1) is 9.13. The fourth-order valence-corrected chi connectivity index (χ4v) is 1.98. The minimum absolute atomic E-state index is 0.0113. The molecule has 0 saturated heterocycles. The Morgan fingerprint density at radius 2 is 2.11 bits per heavy atom. The summed E-state index contributed by atoms with van der Waals surface area (Å²) < 4.78 is 4.85. The molecule has 2 rings (SSSR count). The molecule has 1 heterocycles. The number of benzene rings is 1. The number of nitrogens with two attached hydrogens (primary N) is 1. The second kappa shape index (κ2) is 5.56. The van der Waals surface area contributed by atoms with Gasteiger partial charge in [-0.05, 0) is 12.5 Å². The molecule has 0 saturated carbocycles. The predicted octanol–water partition coefficient (Wildman–Crippen LogP) is 1.34. The maximum absolute atomic E-state index is 11.7. The van der Waals surface area contributed by atoms with E-state index < -0.39 is 12.0 Å². The van der Waals surface area contributed by atoms with E-state index in [0.717, 1.165) is 5.56 Å². The quantitative estimate of drug-likeness (QED) is 0.800. The lowest BCUT2D eigenvalue weighted by atomic mass is 10.0. The van der Waals surface area contributed by atoms with Gasteiger partial charge in [-0.25, -0.2) is 4.79 Å². The van der Waals surface area contributed by atoms with E-state index in [1.807, 2.05) is 30.3 Å². The molecule has 19 heavy (non-hydrogen) atoms. The van der Waals surface area contributed by atoms with Crippen LogP contribution in [0.25, 0.3) is 0 Å². The maximum atomic E-state index is 11.7. The van der Waals surface area contributed by atoms with Crippen LogP contribution in [0, 0.1) is 0 Å². The third-order valence-corrected chi connectivity index (χ3v) is 2.87. The van der Waals surface area contributed by atoms with Crippen molar-refractivity contribution in [1.29, 1.82) is 0 Å². The molecule has 0 aliphatic carbocycles. The zero-order valence-electron chi connectivity index (χ0n) is 10.7. The van der Waals surface area contributed by atoms with E-state index in [0.29, 0.717) is 6.42 Å². The molecule has 1 unspecified atom stereocenters. The number of hydrogen-bond acceptors (Lipinski definition) is 5. The highest BCUT2D eigenvalue weighted by atomic mass is 16.5. The zero-order valence-corrected chi connectivity index (χ0v) is 10.7. The number of amidine groups is 1. The number of aliphatic imine (C=N–C) groups is 1. The second-order valence-corrected chi connectivity index (χ2v) is 4.20. The molecule has 0 amide bonds. The molecular weight excluding hydrogens is 244 g/mol. The van der Waals surface area contributed by atoms with Gasteiger partial charge in [-0.1, -0.05) is 30.3 Å². The largest absolute Gasteiger partial charge is 0.509 e. The average Bonchev–Trinajstić information content (AvgIpc) is 2.66. The van der Waals surface area contributed by atoms with Crippen molar-refractivity contribution in [3.8, 4) is 0 Å². The standard InChI is InChI=1S/C14H16N2O3/c1-2-19-14(18)11-12(17)10(16-13(11)15)8-9-6-4-3-5-7-9/h3-7,10,17H,2,8H2,1H3,(H2,15,16). The number of hydrogen-bond donors (Lipinski definition) is 2. The lowest BCUT2D eigenvalue weighted by Gasteiger charge is -2.08. The Kier molecular flexibility index (Phi) is 3.85. The third-order valence-electron chi connectivity index (χ3n) is 2.87. The predicted molar refractivity (Wildman–Crippen MR) is 71.8 cm³/mol. The number of nitrogens with zero attached hydrogens (tertiary/aromatic N) is 1. The number of carbonyl (C=O) groups excluding carboxylic acids is 1. The summed E-state index contributed by atoms with van der Waals surface area (Å²) in [4.78, 5) is 15.8. The van der Waals surface area contributed by atoms with Gasteiger partial charge in [-0.3, -0.25) is 4.99 Å². The van der Waals surface area contributed by atoms with Crippen LogP contribution in [-0.4, -0.2) is 29.6 Å².